The molecule has 2 N–H and O–H groups in total. The topological polar surface area (TPSA) is 66.6 Å². The first-order valence-electron chi connectivity index (χ1n) is 7.58. The molecule has 1 aromatic rings. The third-order valence-electron chi connectivity index (χ3n) is 4.34. The van der Waals surface area contributed by atoms with Gasteiger partial charge in [-0.15, -0.1) is 12.4 Å². The number of hydrogen-bond donors (Lipinski definition) is 1. The number of halogens is 1. The number of carbonyl (C=O) groups excluding carboxylic acids is 2. The van der Waals surface area contributed by atoms with Crippen LogP contribution >= 0.6 is 12.4 Å². The fourth-order valence-corrected chi connectivity index (χ4v) is 3.14. The monoisotopic (exact) mass is 323 g/mol. The molecule has 0 saturated carbocycles. The van der Waals surface area contributed by atoms with Crippen LogP contribution in [0.4, 0.5) is 5.69 Å². The molecule has 1 atom stereocenters. The van der Waals surface area contributed by atoms with E-state index in [0.717, 1.165) is 30.6 Å². The number of nitrogens with two attached hydrogens (primary N) is 1. The number of likely N-dealkylation sites (tertiary alicyclic amines) is 1. The van der Waals surface area contributed by atoms with E-state index in [4.69, 9.17) is 5.73 Å². The third-order valence-corrected chi connectivity index (χ3v) is 4.34. The van der Waals surface area contributed by atoms with Gasteiger partial charge in [0.25, 0.3) is 5.91 Å². The van der Waals surface area contributed by atoms with E-state index in [-0.39, 0.29) is 30.3 Å². The van der Waals surface area contributed by atoms with Gasteiger partial charge in [-0.25, -0.2) is 0 Å². The van der Waals surface area contributed by atoms with Gasteiger partial charge < -0.3 is 15.5 Å². The Hall–Kier alpha value is -1.59. The Labute approximate surface area is 136 Å². The molecule has 2 heterocycles. The number of hydrogen-bond acceptors (Lipinski definition) is 3. The average Bonchev–Trinajstić information content (AvgIpc) is 3.11. The number of anilines is 1. The van der Waals surface area contributed by atoms with Crippen molar-refractivity contribution in [3.05, 3.63) is 29.3 Å². The second-order valence-corrected chi connectivity index (χ2v) is 5.79. The smallest absolute Gasteiger partial charge is 0.253 e. The lowest BCUT2D eigenvalue weighted by Gasteiger charge is -2.18. The molecule has 22 heavy (non-hydrogen) atoms. The average molecular weight is 324 g/mol. The minimum absolute atomic E-state index is 0. The van der Waals surface area contributed by atoms with Crippen LogP contribution in [0.3, 0.4) is 0 Å². The highest BCUT2D eigenvalue weighted by atomic mass is 35.5. The zero-order valence-electron chi connectivity index (χ0n) is 12.7. The molecule has 2 amide bonds. The van der Waals surface area contributed by atoms with Gasteiger partial charge in [-0.2, -0.15) is 0 Å². The lowest BCUT2D eigenvalue weighted by atomic mass is 10.1. The summed E-state index contributed by atoms with van der Waals surface area (Å²) >= 11 is 0. The number of fused-ring (bicyclic) bond motifs is 1. The highest BCUT2D eigenvalue weighted by molar-refractivity contribution is 5.98. The van der Waals surface area contributed by atoms with E-state index in [1.807, 2.05) is 34.9 Å². The van der Waals surface area contributed by atoms with E-state index in [1.165, 1.54) is 0 Å². The van der Waals surface area contributed by atoms with Gasteiger partial charge in [0, 0.05) is 43.3 Å². The van der Waals surface area contributed by atoms with Crippen LogP contribution in [0.1, 0.15) is 35.7 Å². The Morgan fingerprint density at radius 1 is 1.32 bits per heavy atom. The van der Waals surface area contributed by atoms with E-state index >= 15 is 0 Å². The van der Waals surface area contributed by atoms with Gasteiger partial charge in [0.05, 0.1) is 0 Å². The summed E-state index contributed by atoms with van der Waals surface area (Å²) in [6.45, 7) is 3.96. The van der Waals surface area contributed by atoms with Gasteiger partial charge >= 0.3 is 0 Å². The maximum absolute atomic E-state index is 12.5. The summed E-state index contributed by atoms with van der Waals surface area (Å²) in [5.41, 5.74) is 8.61. The van der Waals surface area contributed by atoms with Crippen molar-refractivity contribution < 1.29 is 9.59 Å². The predicted octanol–water partition coefficient (Wildman–Crippen LogP) is 1.58. The molecule has 1 fully saturated rings. The molecule has 0 unspecified atom stereocenters. The molecular formula is C16H22ClN3O2. The highest BCUT2D eigenvalue weighted by Crippen LogP contribution is 2.30. The van der Waals surface area contributed by atoms with Crippen LogP contribution in [-0.4, -0.2) is 42.4 Å². The van der Waals surface area contributed by atoms with Crippen molar-refractivity contribution in [2.24, 2.45) is 5.73 Å². The van der Waals surface area contributed by atoms with Crippen LogP contribution in [0, 0.1) is 0 Å². The zero-order valence-corrected chi connectivity index (χ0v) is 13.6. The van der Waals surface area contributed by atoms with E-state index in [0.29, 0.717) is 25.1 Å². The summed E-state index contributed by atoms with van der Waals surface area (Å²) in [5.74, 6) is 0.185. The van der Waals surface area contributed by atoms with Crippen LogP contribution in [0.5, 0.6) is 0 Å². The third kappa shape index (κ3) is 2.96. The van der Waals surface area contributed by atoms with Gasteiger partial charge in [0.1, 0.15) is 0 Å². The van der Waals surface area contributed by atoms with E-state index in [2.05, 4.69) is 0 Å². The van der Waals surface area contributed by atoms with Crippen molar-refractivity contribution in [2.45, 2.75) is 32.2 Å². The molecule has 6 heteroatoms. The molecular weight excluding hydrogens is 302 g/mol. The summed E-state index contributed by atoms with van der Waals surface area (Å²) in [6.07, 6.45) is 2.20. The molecule has 2 aliphatic rings. The summed E-state index contributed by atoms with van der Waals surface area (Å²) in [6, 6.07) is 5.76. The minimum atomic E-state index is 0. The van der Waals surface area contributed by atoms with Gasteiger partial charge in [-0.05, 0) is 36.6 Å². The lowest BCUT2D eigenvalue weighted by molar-refractivity contribution is -0.118. The standard InChI is InChI=1S/C16H21N3O2.ClH/c1-2-15(20)19-8-5-11-9-12(3-4-14(11)19)16(21)18-7-6-13(17)10-18;/h3-4,9,13H,2,5-8,10,17H2,1H3;1H/t13-;/m0./s1. The minimum Gasteiger partial charge on any atom is -0.337 e. The molecule has 1 aromatic carbocycles. The molecule has 0 aliphatic carbocycles. The molecule has 0 radical (unpaired) electrons. The number of nitrogens with zero attached hydrogens (tertiary/aromatic N) is 2. The number of benzene rings is 1. The van der Waals surface area contributed by atoms with Crippen molar-refractivity contribution in [3.63, 3.8) is 0 Å². The molecule has 0 bridgehead atoms. The SMILES string of the molecule is CCC(=O)N1CCc2cc(C(=O)N3CC[C@H](N)C3)ccc21.Cl. The molecule has 2 aliphatic heterocycles. The Kier molecular flexibility index (Phi) is 5.08. The van der Waals surface area contributed by atoms with Crippen molar-refractivity contribution in [1.29, 1.82) is 0 Å². The van der Waals surface area contributed by atoms with Crippen molar-refractivity contribution >= 4 is 29.9 Å². The Bertz CT molecular complexity index is 591. The summed E-state index contributed by atoms with van der Waals surface area (Å²) in [4.78, 5) is 28.0. The normalized spacial score (nSPS) is 19.8. The van der Waals surface area contributed by atoms with Gasteiger partial charge in [0.2, 0.25) is 5.91 Å². The predicted molar refractivity (Wildman–Crippen MR) is 88.5 cm³/mol. The second-order valence-electron chi connectivity index (χ2n) is 5.79. The maximum Gasteiger partial charge on any atom is 0.253 e. The fraction of sp³-hybridized carbons (Fsp3) is 0.500. The quantitative estimate of drug-likeness (QED) is 0.898. The number of carbonyl (C=O) groups is 2. The summed E-state index contributed by atoms with van der Waals surface area (Å²) in [5, 5.41) is 0. The van der Waals surface area contributed by atoms with Gasteiger partial charge in [-0.1, -0.05) is 6.92 Å². The number of amides is 2. The molecule has 1 saturated heterocycles. The largest absolute Gasteiger partial charge is 0.337 e. The van der Waals surface area contributed by atoms with Gasteiger partial charge in [-0.3, -0.25) is 9.59 Å². The van der Waals surface area contributed by atoms with Crippen molar-refractivity contribution in [3.8, 4) is 0 Å². The van der Waals surface area contributed by atoms with Crippen LogP contribution in [-0.2, 0) is 11.2 Å². The van der Waals surface area contributed by atoms with Crippen LogP contribution in [0.25, 0.3) is 0 Å². The first-order chi connectivity index (χ1) is 10.1. The first-order valence-corrected chi connectivity index (χ1v) is 7.58. The van der Waals surface area contributed by atoms with Crippen molar-refractivity contribution in [1.82, 2.24) is 4.90 Å². The molecule has 0 spiro atoms. The fourth-order valence-electron chi connectivity index (χ4n) is 3.14. The van der Waals surface area contributed by atoms with Crippen LogP contribution in [0.15, 0.2) is 18.2 Å². The molecule has 120 valence electrons. The highest BCUT2D eigenvalue weighted by Gasteiger charge is 2.27. The van der Waals surface area contributed by atoms with Crippen LogP contribution < -0.4 is 10.6 Å². The Morgan fingerprint density at radius 2 is 2.09 bits per heavy atom. The second kappa shape index (κ2) is 6.67. The number of rotatable bonds is 2. The summed E-state index contributed by atoms with van der Waals surface area (Å²) in [7, 11) is 0. The first kappa shape index (κ1) is 16.8. The van der Waals surface area contributed by atoms with E-state index in [1.54, 1.807) is 0 Å². The van der Waals surface area contributed by atoms with Gasteiger partial charge in [0.15, 0.2) is 0 Å². The lowest BCUT2D eigenvalue weighted by Crippen LogP contribution is -2.32. The Balaban J connectivity index is 0.00000176. The van der Waals surface area contributed by atoms with Crippen molar-refractivity contribution in [2.75, 3.05) is 24.5 Å². The van der Waals surface area contributed by atoms with E-state index < -0.39 is 0 Å². The zero-order chi connectivity index (χ0) is 15.0. The summed E-state index contributed by atoms with van der Waals surface area (Å²) < 4.78 is 0. The van der Waals surface area contributed by atoms with Crippen LogP contribution in [0.2, 0.25) is 0 Å². The maximum atomic E-state index is 12.5. The Morgan fingerprint density at radius 3 is 2.73 bits per heavy atom. The molecule has 3 rings (SSSR count). The molecule has 0 aromatic heterocycles. The molecule has 5 nitrogen and oxygen atoms in total. The van der Waals surface area contributed by atoms with E-state index in [9.17, 15) is 9.59 Å².